The van der Waals surface area contributed by atoms with Gasteiger partial charge in [-0.3, -0.25) is 10.2 Å². The van der Waals surface area contributed by atoms with Crippen molar-refractivity contribution in [1.82, 2.24) is 18.9 Å². The maximum atomic E-state index is 12.9. The van der Waals surface area contributed by atoms with Crippen molar-refractivity contribution in [2.24, 2.45) is 0 Å². The van der Waals surface area contributed by atoms with E-state index in [0.29, 0.717) is 66.9 Å². The monoisotopic (exact) mass is 503 g/mol. The number of para-hydroxylation sites is 1. The Bertz CT molecular complexity index is 1250. The number of carbonyl (C=O) groups is 2. The number of aromatic nitrogens is 2. The first-order chi connectivity index (χ1) is 16.4. The van der Waals surface area contributed by atoms with Crippen LogP contribution in [0.15, 0.2) is 42.5 Å². The third-order valence-electron chi connectivity index (χ3n) is 5.99. The molecule has 3 aromatic rings. The van der Waals surface area contributed by atoms with Gasteiger partial charge in [0, 0.05) is 43.8 Å². The molecule has 1 saturated heterocycles. The number of benzene rings is 2. The number of ketones is 1. The molecular formula is C24H27Cl2N5O3. The molecule has 1 N–H and O–H groups in total. The summed E-state index contributed by atoms with van der Waals surface area (Å²) in [6.07, 6.45) is 0.637. The summed E-state index contributed by atoms with van der Waals surface area (Å²) in [6.45, 7) is 3.35. The Morgan fingerprint density at radius 1 is 1.06 bits per heavy atom. The molecule has 10 heteroatoms. The van der Waals surface area contributed by atoms with Gasteiger partial charge >= 0.3 is 6.03 Å². The fraction of sp³-hybridized carbons (Fsp3) is 0.375. The van der Waals surface area contributed by atoms with Gasteiger partial charge in [0.05, 0.1) is 35.8 Å². The van der Waals surface area contributed by atoms with E-state index >= 15 is 0 Å². The average Bonchev–Trinajstić information content (AvgIpc) is 3.11. The van der Waals surface area contributed by atoms with Gasteiger partial charge in [0.2, 0.25) is 5.62 Å². The van der Waals surface area contributed by atoms with Crippen molar-refractivity contribution < 1.29 is 14.3 Å². The second kappa shape index (κ2) is 10.6. The van der Waals surface area contributed by atoms with Crippen LogP contribution in [0.1, 0.15) is 16.8 Å². The number of nitrogens with one attached hydrogen (secondary N) is 1. The molecule has 34 heavy (non-hydrogen) atoms. The summed E-state index contributed by atoms with van der Waals surface area (Å²) in [4.78, 5) is 29.0. The number of imidazole rings is 1. The number of hydrogen-bond acceptors (Lipinski definition) is 4. The van der Waals surface area contributed by atoms with Crippen molar-refractivity contribution in [3.8, 4) is 0 Å². The van der Waals surface area contributed by atoms with E-state index in [1.807, 2.05) is 12.1 Å². The van der Waals surface area contributed by atoms with Crippen molar-refractivity contribution in [3.63, 3.8) is 0 Å². The van der Waals surface area contributed by atoms with Gasteiger partial charge in [0.15, 0.2) is 5.78 Å². The zero-order valence-corrected chi connectivity index (χ0v) is 20.5. The molecule has 0 saturated carbocycles. The molecule has 1 fully saturated rings. The number of morpholine rings is 1. The van der Waals surface area contributed by atoms with Crippen molar-refractivity contribution in [1.29, 1.82) is 5.41 Å². The highest BCUT2D eigenvalue weighted by molar-refractivity contribution is 6.35. The van der Waals surface area contributed by atoms with Gasteiger partial charge in [0.25, 0.3) is 0 Å². The molecule has 0 aliphatic carbocycles. The lowest BCUT2D eigenvalue weighted by molar-refractivity contribution is 0.0452. The van der Waals surface area contributed by atoms with E-state index in [1.54, 1.807) is 56.3 Å². The number of Topliss-reactive ketones (excluding diaryl/α,β-unsaturated/α-hetero) is 1. The van der Waals surface area contributed by atoms with E-state index in [1.165, 1.54) is 0 Å². The van der Waals surface area contributed by atoms with Gasteiger partial charge in [-0.15, -0.1) is 0 Å². The summed E-state index contributed by atoms with van der Waals surface area (Å²) in [6, 6.07) is 12.1. The molecule has 8 nitrogen and oxygen atoms in total. The van der Waals surface area contributed by atoms with Crippen LogP contribution in [0, 0.1) is 5.41 Å². The number of fused-ring (bicyclic) bond motifs is 1. The topological polar surface area (TPSA) is 83.6 Å². The van der Waals surface area contributed by atoms with E-state index in [-0.39, 0.29) is 24.0 Å². The fourth-order valence-electron chi connectivity index (χ4n) is 4.16. The quantitative estimate of drug-likeness (QED) is 0.496. The smallest absolute Gasteiger partial charge is 0.319 e. The Morgan fingerprint density at radius 2 is 1.76 bits per heavy atom. The van der Waals surface area contributed by atoms with E-state index < -0.39 is 0 Å². The van der Waals surface area contributed by atoms with Crippen LogP contribution < -0.4 is 5.62 Å². The molecule has 2 heterocycles. The summed E-state index contributed by atoms with van der Waals surface area (Å²) in [7, 11) is 1.78. The summed E-state index contributed by atoms with van der Waals surface area (Å²) in [5.41, 5.74) is 2.15. The number of urea groups is 1. The Hall–Kier alpha value is -2.81. The molecule has 1 aromatic heterocycles. The van der Waals surface area contributed by atoms with Gasteiger partial charge in [0.1, 0.15) is 0 Å². The molecule has 2 amide bonds. The van der Waals surface area contributed by atoms with Crippen LogP contribution in [0.25, 0.3) is 11.0 Å². The van der Waals surface area contributed by atoms with Crippen LogP contribution in [0.3, 0.4) is 0 Å². The van der Waals surface area contributed by atoms with Crippen LogP contribution >= 0.6 is 23.2 Å². The molecule has 0 unspecified atom stereocenters. The number of carbonyl (C=O) groups excluding carboxylic acids is 2. The van der Waals surface area contributed by atoms with Crippen molar-refractivity contribution in [2.75, 3.05) is 39.9 Å². The standard InChI is InChI=1S/C24H27Cl2N5O3/c1-28(24(33)29-12-14-34-15-13-29)10-3-11-30-22-19(26)4-2-5-20(22)31(23(30)27)16-21(32)17-6-8-18(25)9-7-17/h2,4-9,27H,3,10-16H2,1H3. The number of ether oxygens (including phenoxy) is 1. The second-order valence-corrected chi connectivity index (χ2v) is 9.10. The molecule has 180 valence electrons. The summed E-state index contributed by atoms with van der Waals surface area (Å²) in [5.74, 6) is -0.120. The first-order valence-corrected chi connectivity index (χ1v) is 11.9. The molecule has 2 aromatic carbocycles. The Labute approximate surface area is 207 Å². The predicted molar refractivity (Wildman–Crippen MR) is 132 cm³/mol. The van der Waals surface area contributed by atoms with E-state index in [2.05, 4.69) is 0 Å². The van der Waals surface area contributed by atoms with Crippen LogP contribution in [0.4, 0.5) is 4.79 Å². The Balaban J connectivity index is 1.52. The lowest BCUT2D eigenvalue weighted by atomic mass is 10.1. The highest BCUT2D eigenvalue weighted by Gasteiger charge is 2.21. The highest BCUT2D eigenvalue weighted by Crippen LogP contribution is 2.23. The van der Waals surface area contributed by atoms with E-state index in [4.69, 9.17) is 33.3 Å². The maximum Gasteiger partial charge on any atom is 0.319 e. The number of aryl methyl sites for hydroxylation is 1. The minimum absolute atomic E-state index is 0.0136. The minimum atomic E-state index is -0.120. The largest absolute Gasteiger partial charge is 0.378 e. The lowest BCUT2D eigenvalue weighted by Crippen LogP contribution is -2.47. The Kier molecular flexibility index (Phi) is 7.60. The molecule has 4 rings (SSSR count). The average molecular weight is 504 g/mol. The van der Waals surface area contributed by atoms with Gasteiger partial charge in [-0.2, -0.15) is 0 Å². The van der Waals surface area contributed by atoms with Crippen LogP contribution in [-0.2, 0) is 17.8 Å². The van der Waals surface area contributed by atoms with Gasteiger partial charge in [-0.1, -0.05) is 29.3 Å². The number of halogens is 2. The molecule has 1 aliphatic rings. The number of rotatable bonds is 7. The summed E-state index contributed by atoms with van der Waals surface area (Å²) >= 11 is 12.4. The van der Waals surface area contributed by atoms with Gasteiger partial charge in [-0.25, -0.2) is 4.79 Å². The van der Waals surface area contributed by atoms with Crippen molar-refractivity contribution in [2.45, 2.75) is 19.5 Å². The Morgan fingerprint density at radius 3 is 2.47 bits per heavy atom. The third kappa shape index (κ3) is 5.14. The first kappa shape index (κ1) is 24.3. The predicted octanol–water partition coefficient (Wildman–Crippen LogP) is 3.89. The minimum Gasteiger partial charge on any atom is -0.378 e. The highest BCUT2D eigenvalue weighted by atomic mass is 35.5. The molecule has 1 aliphatic heterocycles. The molecular weight excluding hydrogens is 477 g/mol. The van der Waals surface area contributed by atoms with Gasteiger partial charge in [-0.05, 0) is 42.8 Å². The second-order valence-electron chi connectivity index (χ2n) is 8.26. The third-order valence-corrected chi connectivity index (χ3v) is 6.55. The zero-order chi connectivity index (χ0) is 24.2. The number of nitrogens with zero attached hydrogens (tertiary/aromatic N) is 4. The summed E-state index contributed by atoms with van der Waals surface area (Å²) < 4.78 is 8.79. The first-order valence-electron chi connectivity index (χ1n) is 11.2. The molecule has 0 spiro atoms. The van der Waals surface area contributed by atoms with Crippen molar-refractivity contribution in [3.05, 3.63) is 63.7 Å². The molecule has 0 bridgehead atoms. The van der Waals surface area contributed by atoms with Crippen molar-refractivity contribution >= 4 is 46.0 Å². The van der Waals surface area contributed by atoms with Gasteiger partial charge < -0.3 is 23.7 Å². The van der Waals surface area contributed by atoms with E-state index in [0.717, 1.165) is 5.52 Å². The van der Waals surface area contributed by atoms with E-state index in [9.17, 15) is 9.59 Å². The lowest BCUT2D eigenvalue weighted by Gasteiger charge is -2.31. The molecule has 0 atom stereocenters. The van der Waals surface area contributed by atoms with Crippen LogP contribution in [0.5, 0.6) is 0 Å². The maximum absolute atomic E-state index is 12.9. The number of amides is 2. The fourth-order valence-corrected chi connectivity index (χ4v) is 4.56. The zero-order valence-electron chi connectivity index (χ0n) is 19.0. The summed E-state index contributed by atoms with van der Waals surface area (Å²) in [5, 5.41) is 9.86. The number of hydrogen-bond donors (Lipinski definition) is 1. The molecule has 0 radical (unpaired) electrons. The van der Waals surface area contributed by atoms with Crippen LogP contribution in [-0.4, -0.2) is 70.6 Å². The normalized spacial score (nSPS) is 13.9. The van der Waals surface area contributed by atoms with Crippen LogP contribution in [0.2, 0.25) is 10.0 Å². The SMILES string of the molecule is CN(CCCn1c(=N)n(CC(=O)c2ccc(Cl)cc2)c2cccc(Cl)c21)C(=O)N1CCOCC1.